The maximum absolute atomic E-state index is 12.9. The molecule has 7 nitrogen and oxygen atoms in total. The van der Waals surface area contributed by atoms with Gasteiger partial charge in [0.1, 0.15) is 17.7 Å². The van der Waals surface area contributed by atoms with Crippen LogP contribution in [0, 0.1) is 5.41 Å². The van der Waals surface area contributed by atoms with E-state index in [4.69, 9.17) is 37.1 Å². The van der Waals surface area contributed by atoms with Crippen molar-refractivity contribution in [2.24, 2.45) is 5.73 Å². The molecule has 2 aromatic carbocycles. The Labute approximate surface area is 181 Å². The SMILES string of the molecule is COC(C(=O)N(Cl)Cc1ccc(C(=N)N)cc1)c1cccc(OC2CCOCC2)c1. The zero-order valence-electron chi connectivity index (χ0n) is 16.8. The molecule has 1 unspecified atom stereocenters. The molecule has 1 atom stereocenters. The van der Waals surface area contributed by atoms with Gasteiger partial charge in [-0.3, -0.25) is 10.2 Å². The number of amides is 1. The van der Waals surface area contributed by atoms with E-state index in [1.165, 1.54) is 7.11 Å². The third kappa shape index (κ3) is 5.72. The van der Waals surface area contributed by atoms with Crippen molar-refractivity contribution in [3.05, 3.63) is 65.2 Å². The van der Waals surface area contributed by atoms with Crippen molar-refractivity contribution in [1.29, 1.82) is 5.41 Å². The van der Waals surface area contributed by atoms with Gasteiger partial charge in [0.15, 0.2) is 6.10 Å². The van der Waals surface area contributed by atoms with Crippen molar-refractivity contribution in [2.75, 3.05) is 20.3 Å². The molecule has 0 spiro atoms. The summed E-state index contributed by atoms with van der Waals surface area (Å²) < 4.78 is 18.0. The standard InChI is InChI=1S/C22H26ClN3O4/c1-28-20(17-3-2-4-19(13-17)30-18-9-11-29-12-10-18)22(27)26(23)14-15-5-7-16(8-6-15)21(24)25/h2-8,13,18,20H,9-12,14H2,1H3,(H3,24,25). The van der Waals surface area contributed by atoms with Gasteiger partial charge in [-0.1, -0.05) is 36.4 Å². The molecular weight excluding hydrogens is 406 g/mol. The molecule has 3 rings (SSSR count). The molecule has 30 heavy (non-hydrogen) atoms. The van der Waals surface area contributed by atoms with E-state index in [1.54, 1.807) is 24.3 Å². The smallest absolute Gasteiger partial charge is 0.270 e. The Balaban J connectivity index is 1.67. The van der Waals surface area contributed by atoms with Gasteiger partial charge in [0.25, 0.3) is 5.91 Å². The lowest BCUT2D eigenvalue weighted by molar-refractivity contribution is -0.137. The lowest BCUT2D eigenvalue weighted by atomic mass is 10.1. The molecule has 0 bridgehead atoms. The number of methoxy groups -OCH3 is 1. The maximum Gasteiger partial charge on any atom is 0.270 e. The lowest BCUT2D eigenvalue weighted by Gasteiger charge is -2.24. The van der Waals surface area contributed by atoms with Crippen molar-refractivity contribution < 1.29 is 19.0 Å². The normalized spacial score (nSPS) is 15.4. The summed E-state index contributed by atoms with van der Waals surface area (Å²) in [6.45, 7) is 1.58. The Morgan fingerprint density at radius 1 is 1.27 bits per heavy atom. The minimum atomic E-state index is -0.850. The summed E-state index contributed by atoms with van der Waals surface area (Å²) in [4.78, 5) is 12.9. The molecule has 0 saturated carbocycles. The van der Waals surface area contributed by atoms with E-state index >= 15 is 0 Å². The summed E-state index contributed by atoms with van der Waals surface area (Å²) in [5, 5.41) is 7.44. The zero-order valence-corrected chi connectivity index (χ0v) is 17.6. The summed E-state index contributed by atoms with van der Waals surface area (Å²) in [5.41, 5.74) is 7.57. The number of nitrogens with one attached hydrogen (secondary N) is 1. The van der Waals surface area contributed by atoms with Crippen LogP contribution in [0.5, 0.6) is 5.75 Å². The van der Waals surface area contributed by atoms with E-state index in [0.29, 0.717) is 30.1 Å². The minimum Gasteiger partial charge on any atom is -0.490 e. The van der Waals surface area contributed by atoms with Crippen LogP contribution >= 0.6 is 11.8 Å². The van der Waals surface area contributed by atoms with E-state index in [0.717, 1.165) is 22.8 Å². The second-order valence-electron chi connectivity index (χ2n) is 7.09. The summed E-state index contributed by atoms with van der Waals surface area (Å²) >= 11 is 6.28. The number of benzene rings is 2. The topological polar surface area (TPSA) is 97.9 Å². The average molecular weight is 432 g/mol. The van der Waals surface area contributed by atoms with Crippen LogP contribution in [0.15, 0.2) is 48.5 Å². The van der Waals surface area contributed by atoms with E-state index in [2.05, 4.69) is 0 Å². The van der Waals surface area contributed by atoms with Crippen LogP contribution in [-0.4, -0.2) is 42.6 Å². The molecular formula is C22H26ClN3O4. The van der Waals surface area contributed by atoms with Crippen molar-refractivity contribution in [1.82, 2.24) is 4.42 Å². The number of halogens is 1. The van der Waals surface area contributed by atoms with Crippen molar-refractivity contribution >= 4 is 23.5 Å². The quantitative estimate of drug-likeness (QED) is 0.379. The highest BCUT2D eigenvalue weighted by molar-refractivity contribution is 6.21. The summed E-state index contributed by atoms with van der Waals surface area (Å²) in [7, 11) is 1.47. The number of amidine groups is 1. The van der Waals surface area contributed by atoms with Gasteiger partial charge in [-0.15, -0.1) is 0 Å². The number of carbonyl (C=O) groups excluding carboxylic acids is 1. The van der Waals surface area contributed by atoms with Crippen molar-refractivity contribution in [2.45, 2.75) is 31.6 Å². The monoisotopic (exact) mass is 431 g/mol. The summed E-state index contributed by atoms with van der Waals surface area (Å²) in [5.74, 6) is 0.302. The Morgan fingerprint density at radius 3 is 2.60 bits per heavy atom. The number of nitrogens with zero attached hydrogens (tertiary/aromatic N) is 1. The number of hydrogen-bond acceptors (Lipinski definition) is 5. The maximum atomic E-state index is 12.9. The number of hydrogen-bond donors (Lipinski definition) is 2. The van der Waals surface area contributed by atoms with Crippen LogP contribution in [0.2, 0.25) is 0 Å². The first-order valence-electron chi connectivity index (χ1n) is 9.75. The highest BCUT2D eigenvalue weighted by atomic mass is 35.5. The predicted molar refractivity (Wildman–Crippen MR) is 115 cm³/mol. The van der Waals surface area contributed by atoms with Crippen LogP contribution in [0.3, 0.4) is 0 Å². The Bertz CT molecular complexity index is 869. The van der Waals surface area contributed by atoms with Crippen LogP contribution in [-0.2, 0) is 20.8 Å². The van der Waals surface area contributed by atoms with E-state index < -0.39 is 6.10 Å². The van der Waals surface area contributed by atoms with Crippen LogP contribution in [0.25, 0.3) is 0 Å². The van der Waals surface area contributed by atoms with Gasteiger partial charge < -0.3 is 19.9 Å². The Morgan fingerprint density at radius 2 is 1.97 bits per heavy atom. The fourth-order valence-electron chi connectivity index (χ4n) is 3.27. The Hall–Kier alpha value is -2.61. The largest absolute Gasteiger partial charge is 0.490 e. The van der Waals surface area contributed by atoms with Crippen molar-refractivity contribution in [3.8, 4) is 5.75 Å². The van der Waals surface area contributed by atoms with Gasteiger partial charge in [0.05, 0.1) is 19.8 Å². The molecule has 8 heteroatoms. The molecule has 1 aliphatic rings. The second-order valence-corrected chi connectivity index (χ2v) is 7.49. The fraction of sp³-hybridized carbons (Fsp3) is 0.364. The van der Waals surface area contributed by atoms with Gasteiger partial charge in [-0.05, 0) is 23.3 Å². The second kappa shape index (κ2) is 10.4. The van der Waals surface area contributed by atoms with E-state index in [1.807, 2.05) is 24.3 Å². The molecule has 0 aliphatic carbocycles. The molecule has 2 aromatic rings. The highest BCUT2D eigenvalue weighted by Crippen LogP contribution is 2.27. The number of ether oxygens (including phenoxy) is 3. The predicted octanol–water partition coefficient (Wildman–Crippen LogP) is 3.40. The number of rotatable bonds is 8. The molecule has 1 heterocycles. The first kappa shape index (κ1) is 22.1. The molecule has 160 valence electrons. The van der Waals surface area contributed by atoms with Gasteiger partial charge in [0.2, 0.25) is 0 Å². The average Bonchev–Trinajstić information content (AvgIpc) is 2.75. The number of nitrogen functional groups attached to an aromatic ring is 1. The first-order chi connectivity index (χ1) is 14.5. The van der Waals surface area contributed by atoms with Gasteiger partial charge >= 0.3 is 0 Å². The molecule has 1 saturated heterocycles. The minimum absolute atomic E-state index is 0.0114. The zero-order chi connectivity index (χ0) is 21.5. The van der Waals surface area contributed by atoms with Gasteiger partial charge in [-0.2, -0.15) is 0 Å². The highest BCUT2D eigenvalue weighted by Gasteiger charge is 2.26. The third-order valence-electron chi connectivity index (χ3n) is 4.92. The molecule has 0 radical (unpaired) electrons. The summed E-state index contributed by atoms with van der Waals surface area (Å²) in [6, 6.07) is 14.3. The Kier molecular flexibility index (Phi) is 7.68. The third-order valence-corrected chi connectivity index (χ3v) is 5.20. The van der Waals surface area contributed by atoms with E-state index in [9.17, 15) is 4.79 Å². The van der Waals surface area contributed by atoms with Gasteiger partial charge in [0, 0.05) is 37.3 Å². The van der Waals surface area contributed by atoms with Crippen LogP contribution in [0.1, 0.15) is 35.6 Å². The van der Waals surface area contributed by atoms with Crippen molar-refractivity contribution in [3.63, 3.8) is 0 Å². The van der Waals surface area contributed by atoms with Gasteiger partial charge in [-0.25, -0.2) is 4.42 Å². The number of carbonyl (C=O) groups is 1. The lowest BCUT2D eigenvalue weighted by Crippen LogP contribution is -2.29. The fourth-order valence-corrected chi connectivity index (χ4v) is 3.50. The first-order valence-corrected chi connectivity index (χ1v) is 10.1. The number of nitrogens with two attached hydrogens (primary N) is 1. The molecule has 3 N–H and O–H groups in total. The molecule has 1 fully saturated rings. The van der Waals surface area contributed by atoms with E-state index in [-0.39, 0.29) is 24.4 Å². The molecule has 1 aliphatic heterocycles. The van der Waals surface area contributed by atoms with Crippen LogP contribution in [0.4, 0.5) is 0 Å². The summed E-state index contributed by atoms with van der Waals surface area (Å²) in [6.07, 6.45) is 0.939. The molecule has 1 amide bonds. The molecule has 0 aromatic heterocycles. The van der Waals surface area contributed by atoms with Crippen LogP contribution < -0.4 is 10.5 Å².